The number of imidazole rings is 1. The molecule has 0 spiro atoms. The number of nitrogens with one attached hydrogen (secondary N) is 2. The summed E-state index contributed by atoms with van der Waals surface area (Å²) in [6, 6.07) is 1.53. The third kappa shape index (κ3) is 1.94. The molecule has 1 amide bonds. The Labute approximate surface area is 113 Å². The molecule has 3 aromatic rings. The lowest BCUT2D eigenvalue weighted by Gasteiger charge is -2.05. The molecule has 0 aliphatic rings. The van der Waals surface area contributed by atoms with Crippen LogP contribution in [0, 0.1) is 0 Å². The Balaban J connectivity index is 2.17. The van der Waals surface area contributed by atoms with Gasteiger partial charge in [0.15, 0.2) is 11.5 Å². The van der Waals surface area contributed by atoms with Gasteiger partial charge in [0.1, 0.15) is 11.2 Å². The molecule has 0 radical (unpaired) electrons. The van der Waals surface area contributed by atoms with Crippen molar-refractivity contribution in [2.45, 2.75) is 6.92 Å². The van der Waals surface area contributed by atoms with Gasteiger partial charge in [0, 0.05) is 12.7 Å². The minimum absolute atomic E-state index is 0.168. The summed E-state index contributed by atoms with van der Waals surface area (Å²) in [6.07, 6.45) is 3.13. The average Bonchev–Trinajstić information content (AvgIpc) is 3.07. The highest BCUT2D eigenvalue weighted by Crippen LogP contribution is 2.17. The zero-order valence-corrected chi connectivity index (χ0v) is 10.7. The van der Waals surface area contributed by atoms with Crippen molar-refractivity contribution in [3.8, 4) is 5.82 Å². The second-order valence-electron chi connectivity index (χ2n) is 4.01. The van der Waals surface area contributed by atoms with Crippen LogP contribution in [-0.2, 0) is 0 Å². The van der Waals surface area contributed by atoms with Crippen molar-refractivity contribution in [1.29, 1.82) is 0 Å². The van der Waals surface area contributed by atoms with Crippen LogP contribution in [0.25, 0.3) is 17.0 Å². The van der Waals surface area contributed by atoms with Gasteiger partial charge in [0.2, 0.25) is 5.95 Å². The molecule has 0 atom stereocenters. The lowest BCUT2D eigenvalue weighted by atomic mass is 10.4. The molecule has 0 aromatic carbocycles. The standard InChI is InChI=1S/C11H12N8O/c1-2-13-11-16-9-7(14-5-15-9)10(17-11)19-4-3-6(18-19)8(12)20/h3-5H,2H2,1H3,(H2,12,20)(H2,13,14,15,16,17). The molecule has 3 rings (SSSR count). The lowest BCUT2D eigenvalue weighted by Crippen LogP contribution is -2.13. The Kier molecular flexibility index (Phi) is 2.78. The van der Waals surface area contributed by atoms with E-state index in [4.69, 9.17) is 5.73 Å². The van der Waals surface area contributed by atoms with Crippen LogP contribution < -0.4 is 11.1 Å². The Morgan fingerprint density at radius 2 is 2.35 bits per heavy atom. The molecule has 0 bridgehead atoms. The molecule has 3 heterocycles. The summed E-state index contributed by atoms with van der Waals surface area (Å²) < 4.78 is 1.46. The number of aromatic amines is 1. The molecule has 0 aliphatic heterocycles. The average molecular weight is 272 g/mol. The van der Waals surface area contributed by atoms with Crippen molar-refractivity contribution in [3.63, 3.8) is 0 Å². The van der Waals surface area contributed by atoms with Crippen LogP contribution in [0.1, 0.15) is 17.4 Å². The maximum atomic E-state index is 11.1. The molecular weight excluding hydrogens is 260 g/mol. The van der Waals surface area contributed by atoms with E-state index >= 15 is 0 Å². The van der Waals surface area contributed by atoms with Gasteiger partial charge in [-0.1, -0.05) is 0 Å². The summed E-state index contributed by atoms with van der Waals surface area (Å²) >= 11 is 0. The molecular formula is C11H12N8O. The van der Waals surface area contributed by atoms with Crippen molar-refractivity contribution in [1.82, 2.24) is 29.7 Å². The zero-order chi connectivity index (χ0) is 14.1. The number of nitrogens with two attached hydrogens (primary N) is 1. The predicted octanol–water partition coefficient (Wildman–Crippen LogP) is 0.0693. The fourth-order valence-corrected chi connectivity index (χ4v) is 1.79. The molecule has 102 valence electrons. The minimum atomic E-state index is -0.592. The van der Waals surface area contributed by atoms with Crippen molar-refractivity contribution in [3.05, 3.63) is 24.3 Å². The number of nitrogens with zero attached hydrogens (tertiary/aromatic N) is 5. The van der Waals surface area contributed by atoms with E-state index in [-0.39, 0.29) is 5.69 Å². The second-order valence-corrected chi connectivity index (χ2v) is 4.01. The van der Waals surface area contributed by atoms with Crippen molar-refractivity contribution in [2.75, 3.05) is 11.9 Å². The van der Waals surface area contributed by atoms with Crippen LogP contribution in [-0.4, -0.2) is 42.2 Å². The summed E-state index contributed by atoms with van der Waals surface area (Å²) in [5, 5.41) is 7.11. The molecule has 0 fully saturated rings. The summed E-state index contributed by atoms with van der Waals surface area (Å²) in [5.74, 6) is 0.347. The van der Waals surface area contributed by atoms with E-state index in [9.17, 15) is 4.79 Å². The number of hydrogen-bond acceptors (Lipinski definition) is 6. The van der Waals surface area contributed by atoms with Gasteiger partial charge in [0.05, 0.1) is 6.33 Å². The molecule has 0 saturated heterocycles. The zero-order valence-electron chi connectivity index (χ0n) is 10.7. The van der Waals surface area contributed by atoms with Crippen molar-refractivity contribution >= 4 is 23.0 Å². The quantitative estimate of drug-likeness (QED) is 0.616. The van der Waals surface area contributed by atoms with Gasteiger partial charge >= 0.3 is 0 Å². The normalized spacial score (nSPS) is 10.8. The molecule has 20 heavy (non-hydrogen) atoms. The maximum absolute atomic E-state index is 11.1. The van der Waals surface area contributed by atoms with Gasteiger partial charge in [0.25, 0.3) is 5.91 Å². The third-order valence-corrected chi connectivity index (χ3v) is 2.66. The summed E-state index contributed by atoms with van der Waals surface area (Å²) in [6.45, 7) is 2.62. The van der Waals surface area contributed by atoms with Crippen LogP contribution in [0.5, 0.6) is 0 Å². The number of amides is 1. The largest absolute Gasteiger partial charge is 0.364 e. The summed E-state index contributed by atoms with van der Waals surface area (Å²) in [5.41, 5.74) is 6.51. The molecule has 0 saturated carbocycles. The second kappa shape index (κ2) is 4.61. The summed E-state index contributed by atoms with van der Waals surface area (Å²) in [4.78, 5) is 26.8. The van der Waals surface area contributed by atoms with E-state index in [2.05, 4.69) is 30.4 Å². The van der Waals surface area contributed by atoms with Gasteiger partial charge in [-0.15, -0.1) is 0 Å². The number of aromatic nitrogens is 6. The Morgan fingerprint density at radius 3 is 3.05 bits per heavy atom. The van der Waals surface area contributed by atoms with Crippen molar-refractivity contribution < 1.29 is 4.79 Å². The monoisotopic (exact) mass is 272 g/mol. The molecule has 3 aromatic heterocycles. The van der Waals surface area contributed by atoms with E-state index in [1.54, 1.807) is 6.20 Å². The van der Waals surface area contributed by atoms with Crippen molar-refractivity contribution in [2.24, 2.45) is 5.73 Å². The number of fused-ring (bicyclic) bond motifs is 1. The molecule has 9 heteroatoms. The van der Waals surface area contributed by atoms with Crippen LogP contribution in [0.3, 0.4) is 0 Å². The Morgan fingerprint density at radius 1 is 1.50 bits per heavy atom. The van der Waals surface area contributed by atoms with Crippen LogP contribution in [0.4, 0.5) is 5.95 Å². The molecule has 0 aliphatic carbocycles. The lowest BCUT2D eigenvalue weighted by molar-refractivity contribution is 0.0995. The first-order valence-electron chi connectivity index (χ1n) is 6.00. The number of rotatable bonds is 4. The summed E-state index contributed by atoms with van der Waals surface area (Å²) in [7, 11) is 0. The molecule has 0 unspecified atom stereocenters. The van der Waals surface area contributed by atoms with E-state index < -0.39 is 5.91 Å². The highest BCUT2D eigenvalue weighted by molar-refractivity contribution is 5.90. The SMILES string of the molecule is CCNc1nc(-n2ccc(C(N)=O)n2)c2[nH]cnc2n1. The topological polar surface area (TPSA) is 127 Å². The first kappa shape index (κ1) is 12.1. The fourth-order valence-electron chi connectivity index (χ4n) is 1.79. The highest BCUT2D eigenvalue weighted by atomic mass is 16.1. The number of primary amides is 1. The van der Waals surface area contributed by atoms with Gasteiger partial charge in [-0.2, -0.15) is 15.1 Å². The van der Waals surface area contributed by atoms with Gasteiger partial charge in [-0.05, 0) is 13.0 Å². The third-order valence-electron chi connectivity index (χ3n) is 2.66. The van der Waals surface area contributed by atoms with E-state index in [0.29, 0.717) is 29.5 Å². The number of H-pyrrole nitrogens is 1. The molecule has 9 nitrogen and oxygen atoms in total. The number of carbonyl (C=O) groups is 1. The van der Waals surface area contributed by atoms with E-state index in [1.807, 2.05) is 6.92 Å². The Hall–Kier alpha value is -2.97. The predicted molar refractivity (Wildman–Crippen MR) is 71.5 cm³/mol. The van der Waals surface area contributed by atoms with Crippen LogP contribution in [0.2, 0.25) is 0 Å². The smallest absolute Gasteiger partial charge is 0.269 e. The van der Waals surface area contributed by atoms with E-state index in [1.165, 1.54) is 17.1 Å². The van der Waals surface area contributed by atoms with Crippen LogP contribution >= 0.6 is 0 Å². The number of anilines is 1. The number of hydrogen-bond donors (Lipinski definition) is 3. The molecule has 4 N–H and O–H groups in total. The minimum Gasteiger partial charge on any atom is -0.364 e. The van der Waals surface area contributed by atoms with Gasteiger partial charge < -0.3 is 16.0 Å². The number of carbonyl (C=O) groups excluding carboxylic acids is 1. The highest BCUT2D eigenvalue weighted by Gasteiger charge is 2.13. The van der Waals surface area contributed by atoms with Crippen LogP contribution in [0.15, 0.2) is 18.6 Å². The fraction of sp³-hybridized carbons (Fsp3) is 0.182. The van der Waals surface area contributed by atoms with Gasteiger partial charge in [-0.3, -0.25) is 4.79 Å². The maximum Gasteiger partial charge on any atom is 0.269 e. The van der Waals surface area contributed by atoms with E-state index in [0.717, 1.165) is 0 Å². The Bertz CT molecular complexity index is 774. The first-order chi connectivity index (χ1) is 9.69. The van der Waals surface area contributed by atoms with Gasteiger partial charge in [-0.25, -0.2) is 9.67 Å². The first-order valence-corrected chi connectivity index (χ1v) is 6.00.